The van der Waals surface area contributed by atoms with E-state index in [1.807, 2.05) is 18.2 Å². The molecule has 12 aromatic carbocycles. The third-order valence-corrected chi connectivity index (χ3v) is 17.7. The van der Waals surface area contributed by atoms with Crippen molar-refractivity contribution in [1.29, 1.82) is 0 Å². The summed E-state index contributed by atoms with van der Waals surface area (Å²) in [4.78, 5) is 11.8. The van der Waals surface area contributed by atoms with Crippen LogP contribution in [-0.2, 0) is 0 Å². The molecule has 17 rings (SSSR count). The zero-order valence-corrected chi connectivity index (χ0v) is 48.7. The zero-order chi connectivity index (χ0) is 59.1. The van der Waals surface area contributed by atoms with Crippen molar-refractivity contribution in [2.75, 3.05) is 24.5 Å². The van der Waals surface area contributed by atoms with Gasteiger partial charge in [0.2, 0.25) is 0 Å². The smallest absolute Gasteiger partial charge is 0.256 e. The van der Waals surface area contributed by atoms with Crippen LogP contribution in [0, 0.1) is 0 Å². The van der Waals surface area contributed by atoms with Crippen LogP contribution in [0.2, 0.25) is 0 Å². The van der Waals surface area contributed by atoms with Crippen LogP contribution in [0.4, 0.5) is 79.6 Å². The van der Waals surface area contributed by atoms with Crippen LogP contribution in [0.5, 0.6) is 34.5 Å². The molecule has 12 aromatic rings. The summed E-state index contributed by atoms with van der Waals surface area (Å²) < 4.78 is 22.3. The molecule has 0 spiro atoms. The maximum atomic E-state index is 7.70. The summed E-state index contributed by atoms with van der Waals surface area (Å²) in [5.74, 6) is 4.61. The van der Waals surface area contributed by atoms with Crippen molar-refractivity contribution in [3.63, 3.8) is 0 Å². The van der Waals surface area contributed by atoms with E-state index in [-0.39, 0.29) is 13.4 Å². The summed E-state index contributed by atoms with van der Waals surface area (Å²) in [6.45, 7) is 5.57. The highest BCUT2D eigenvalue weighted by molar-refractivity contribution is 7.02. The normalized spacial score (nSPS) is 13.4. The van der Waals surface area contributed by atoms with E-state index in [1.54, 1.807) is 6.08 Å². The van der Waals surface area contributed by atoms with E-state index in [0.717, 1.165) is 147 Å². The van der Waals surface area contributed by atoms with Gasteiger partial charge in [0, 0.05) is 86.8 Å². The molecule has 0 aliphatic carbocycles. The Kier molecular flexibility index (Phi) is 12.3. The Labute approximate surface area is 518 Å². The van der Waals surface area contributed by atoms with E-state index in [2.05, 4.69) is 317 Å². The quantitative estimate of drug-likeness (QED) is 0.0938. The first-order valence-electron chi connectivity index (χ1n) is 30.2. The predicted molar refractivity (Wildman–Crippen MR) is 369 cm³/mol. The summed E-state index contributed by atoms with van der Waals surface area (Å²) in [6, 6.07) is 99.4. The van der Waals surface area contributed by atoms with Gasteiger partial charge in [0.05, 0.1) is 22.7 Å². The Hall–Kier alpha value is -11.6. The molecular formula is C79H55B2N5O3. The van der Waals surface area contributed by atoms with Crippen LogP contribution in [0.25, 0.3) is 0 Å². The molecule has 420 valence electrons. The van der Waals surface area contributed by atoms with Crippen molar-refractivity contribution in [1.82, 2.24) is 0 Å². The topological polar surface area (TPSA) is 43.9 Å². The molecule has 5 heterocycles. The third-order valence-electron chi connectivity index (χ3n) is 17.7. The van der Waals surface area contributed by atoms with Crippen LogP contribution in [0.1, 0.15) is 6.92 Å². The van der Waals surface area contributed by atoms with E-state index in [9.17, 15) is 0 Å². The standard InChI is InChI=1S/C79H55B2N5O3/c1-3-4-11-28-53(2)82(54-29-12-5-13-30-54)60-45-71-79-76(47-60)89-74-52-69-75(87-72-44-27-26-43-67(72)85(69)58-37-20-9-21-38-58)50-65(74)81(79)63-49-64-73(51-68(63)86(71)59-39-22-10-23-40-59)88-77-48-61(83(55-31-14-6-15-32-55)56-33-16-7-17-34-56)46-70-78(77)80(64)62-41-24-25-42-66(62)84(70)57-35-18-8-19-36-57/h3-52H,1H2,2H3/b11-4-,53-28+. The largest absolute Gasteiger partial charge is 0.458 e. The first kappa shape index (κ1) is 51.8. The van der Waals surface area contributed by atoms with Crippen LogP contribution in [-0.4, -0.2) is 13.4 Å². The second-order valence-electron chi connectivity index (χ2n) is 22.9. The van der Waals surface area contributed by atoms with Crippen molar-refractivity contribution >= 4 is 126 Å². The van der Waals surface area contributed by atoms with Crippen molar-refractivity contribution in [3.05, 3.63) is 316 Å². The highest BCUT2D eigenvalue weighted by Crippen LogP contribution is 2.54. The molecule has 0 saturated carbocycles. The Morgan fingerprint density at radius 2 is 0.787 bits per heavy atom. The van der Waals surface area contributed by atoms with Gasteiger partial charge in [0.25, 0.3) is 13.4 Å². The Morgan fingerprint density at radius 1 is 0.337 bits per heavy atom. The van der Waals surface area contributed by atoms with Gasteiger partial charge in [0.1, 0.15) is 23.0 Å². The lowest BCUT2D eigenvalue weighted by Gasteiger charge is -2.44. The highest BCUT2D eigenvalue weighted by Gasteiger charge is 2.48. The van der Waals surface area contributed by atoms with Crippen molar-refractivity contribution in [2.45, 2.75) is 6.92 Å². The molecule has 0 N–H and O–H groups in total. The molecule has 5 aliphatic heterocycles. The van der Waals surface area contributed by atoms with Gasteiger partial charge in [-0.1, -0.05) is 170 Å². The lowest BCUT2D eigenvalue weighted by molar-refractivity contribution is 0.468. The number of benzene rings is 12. The summed E-state index contributed by atoms with van der Waals surface area (Å²) in [6.07, 6.45) is 7.93. The van der Waals surface area contributed by atoms with Gasteiger partial charge in [-0.3, -0.25) is 0 Å². The number of fused-ring (bicyclic) bond motifs is 10. The monoisotopic (exact) mass is 1140 g/mol. The fraction of sp³-hybridized carbons (Fsp3) is 0.0127. The van der Waals surface area contributed by atoms with E-state index in [1.165, 1.54) is 5.46 Å². The van der Waals surface area contributed by atoms with Crippen molar-refractivity contribution < 1.29 is 14.2 Å². The summed E-state index contributed by atoms with van der Waals surface area (Å²) in [7, 11) is 0. The van der Waals surface area contributed by atoms with Gasteiger partial charge in [-0.2, -0.15) is 0 Å². The molecular weight excluding hydrogens is 1090 g/mol. The Bertz CT molecular complexity index is 4800. The van der Waals surface area contributed by atoms with Gasteiger partial charge in [-0.15, -0.1) is 0 Å². The average Bonchev–Trinajstić information content (AvgIpc) is 0.708. The lowest BCUT2D eigenvalue weighted by atomic mass is 9.31. The summed E-state index contributed by atoms with van der Waals surface area (Å²) in [5, 5.41) is 0. The number of nitrogens with zero attached hydrogens (tertiary/aromatic N) is 5. The Morgan fingerprint density at radius 3 is 1.38 bits per heavy atom. The van der Waals surface area contributed by atoms with Gasteiger partial charge < -0.3 is 38.7 Å². The number of hydrogen-bond acceptors (Lipinski definition) is 8. The van der Waals surface area contributed by atoms with Crippen LogP contribution < -0.4 is 71.5 Å². The molecule has 0 unspecified atom stereocenters. The molecule has 0 aromatic heterocycles. The maximum absolute atomic E-state index is 7.70. The van der Waals surface area contributed by atoms with Crippen LogP contribution in [0.3, 0.4) is 0 Å². The molecule has 0 bridgehead atoms. The van der Waals surface area contributed by atoms with E-state index < -0.39 is 0 Å². The lowest BCUT2D eigenvalue weighted by Crippen LogP contribution is -2.63. The second kappa shape index (κ2) is 21.1. The molecule has 0 fully saturated rings. The summed E-state index contributed by atoms with van der Waals surface area (Å²) in [5.41, 5.74) is 21.6. The number of allylic oxidation sites excluding steroid dienone is 5. The maximum Gasteiger partial charge on any atom is 0.256 e. The molecule has 0 atom stereocenters. The number of ether oxygens (including phenoxy) is 3. The van der Waals surface area contributed by atoms with Gasteiger partial charge in [-0.25, -0.2) is 0 Å². The van der Waals surface area contributed by atoms with E-state index in [0.29, 0.717) is 0 Å². The van der Waals surface area contributed by atoms with Crippen molar-refractivity contribution in [2.24, 2.45) is 0 Å². The first-order valence-corrected chi connectivity index (χ1v) is 30.2. The molecule has 89 heavy (non-hydrogen) atoms. The van der Waals surface area contributed by atoms with Crippen LogP contribution in [0.15, 0.2) is 316 Å². The highest BCUT2D eigenvalue weighted by atomic mass is 16.5. The SMILES string of the molecule is C=C/C=C\C=C(/C)N(c1ccccc1)c1cc2c3c(c1)N(c1ccccc1)c1cc4c(cc1B3c1cc3c(cc1O2)N(c1ccccc1)c1ccccc1O3)B1c2ccccc2N(c2ccccc2)c2cc(N(c3ccccc3)c3ccccc3)cc(c21)O4. The molecule has 5 aliphatic rings. The minimum Gasteiger partial charge on any atom is -0.458 e. The van der Waals surface area contributed by atoms with Gasteiger partial charge in [0.15, 0.2) is 11.5 Å². The van der Waals surface area contributed by atoms with Gasteiger partial charge in [-0.05, 0) is 155 Å². The Balaban J connectivity index is 0.940. The predicted octanol–water partition coefficient (Wildman–Crippen LogP) is 17.3. The average molecular weight is 1140 g/mol. The van der Waals surface area contributed by atoms with Crippen molar-refractivity contribution in [3.8, 4) is 34.5 Å². The molecule has 0 radical (unpaired) electrons. The number of hydrogen-bond donors (Lipinski definition) is 0. The minimum absolute atomic E-state index is 0.221. The molecule has 0 amide bonds. The third kappa shape index (κ3) is 8.47. The van der Waals surface area contributed by atoms with E-state index in [4.69, 9.17) is 14.2 Å². The molecule has 8 nitrogen and oxygen atoms in total. The van der Waals surface area contributed by atoms with E-state index >= 15 is 0 Å². The summed E-state index contributed by atoms with van der Waals surface area (Å²) >= 11 is 0. The number of para-hydroxylation sites is 9. The first-order chi connectivity index (χ1) is 44.0. The molecule has 0 saturated heterocycles. The zero-order valence-electron chi connectivity index (χ0n) is 48.7. The number of rotatable bonds is 11. The fourth-order valence-corrected chi connectivity index (χ4v) is 14.1. The molecule has 10 heteroatoms. The fourth-order valence-electron chi connectivity index (χ4n) is 14.1. The minimum atomic E-state index is -0.333. The van der Waals surface area contributed by atoms with Gasteiger partial charge >= 0.3 is 0 Å². The number of anilines is 14. The van der Waals surface area contributed by atoms with Crippen LogP contribution >= 0.6 is 0 Å². The second-order valence-corrected chi connectivity index (χ2v) is 22.9.